The van der Waals surface area contributed by atoms with Crippen LogP contribution in [0.15, 0.2) is 18.2 Å². The van der Waals surface area contributed by atoms with Gasteiger partial charge in [0.25, 0.3) is 0 Å². The molecule has 6 heteroatoms. The van der Waals surface area contributed by atoms with Gasteiger partial charge >= 0.3 is 0 Å². The highest BCUT2D eigenvalue weighted by atomic mass is 35.5. The predicted molar refractivity (Wildman–Crippen MR) is 75.6 cm³/mol. The SMILES string of the molecule is CC1CN(C(=O)CCOc2ccc(F)cc2Cl)CCN1. The van der Waals surface area contributed by atoms with Gasteiger partial charge in [0.05, 0.1) is 18.1 Å². The molecule has 0 spiro atoms. The summed E-state index contributed by atoms with van der Waals surface area (Å²) < 4.78 is 18.3. The maximum Gasteiger partial charge on any atom is 0.226 e. The van der Waals surface area contributed by atoms with Crippen LogP contribution in [0.5, 0.6) is 5.75 Å². The molecule has 1 heterocycles. The van der Waals surface area contributed by atoms with Crippen molar-refractivity contribution in [3.63, 3.8) is 0 Å². The molecule has 1 aliphatic rings. The number of carbonyl (C=O) groups excluding carboxylic acids is 1. The van der Waals surface area contributed by atoms with Gasteiger partial charge in [-0.2, -0.15) is 0 Å². The van der Waals surface area contributed by atoms with Crippen molar-refractivity contribution in [3.05, 3.63) is 29.0 Å². The molecule has 1 fully saturated rings. The summed E-state index contributed by atoms with van der Waals surface area (Å²) in [5.41, 5.74) is 0. The molecule has 1 aromatic carbocycles. The Morgan fingerprint density at radius 3 is 3.10 bits per heavy atom. The lowest BCUT2D eigenvalue weighted by atomic mass is 10.2. The number of halogens is 2. The number of benzene rings is 1. The van der Waals surface area contributed by atoms with Crippen LogP contribution < -0.4 is 10.1 Å². The average molecular weight is 301 g/mol. The van der Waals surface area contributed by atoms with E-state index in [2.05, 4.69) is 5.32 Å². The molecule has 0 aliphatic carbocycles. The third kappa shape index (κ3) is 4.08. The first-order chi connectivity index (χ1) is 9.56. The van der Waals surface area contributed by atoms with Crippen LogP contribution in [0.25, 0.3) is 0 Å². The number of hydrogen-bond acceptors (Lipinski definition) is 3. The van der Waals surface area contributed by atoms with Crippen molar-refractivity contribution in [2.24, 2.45) is 0 Å². The van der Waals surface area contributed by atoms with Gasteiger partial charge in [0.1, 0.15) is 11.6 Å². The van der Waals surface area contributed by atoms with Gasteiger partial charge in [0, 0.05) is 25.7 Å². The van der Waals surface area contributed by atoms with Crippen molar-refractivity contribution >= 4 is 17.5 Å². The van der Waals surface area contributed by atoms with Gasteiger partial charge < -0.3 is 15.0 Å². The zero-order valence-electron chi connectivity index (χ0n) is 11.4. The predicted octanol–water partition coefficient (Wildman–Crippen LogP) is 2.07. The summed E-state index contributed by atoms with van der Waals surface area (Å²) >= 11 is 5.84. The maximum absolute atomic E-state index is 12.9. The van der Waals surface area contributed by atoms with Gasteiger partial charge in [-0.05, 0) is 25.1 Å². The maximum atomic E-state index is 12.9. The first kappa shape index (κ1) is 15.1. The average Bonchev–Trinajstić information content (AvgIpc) is 2.41. The number of piperazine rings is 1. The van der Waals surface area contributed by atoms with E-state index >= 15 is 0 Å². The Labute approximate surface area is 122 Å². The summed E-state index contributed by atoms with van der Waals surface area (Å²) in [7, 11) is 0. The van der Waals surface area contributed by atoms with E-state index in [1.165, 1.54) is 18.2 Å². The van der Waals surface area contributed by atoms with Crippen molar-refractivity contribution in [1.29, 1.82) is 0 Å². The highest BCUT2D eigenvalue weighted by Crippen LogP contribution is 2.24. The lowest BCUT2D eigenvalue weighted by Gasteiger charge is -2.31. The molecule has 1 atom stereocenters. The molecule has 1 unspecified atom stereocenters. The molecular weight excluding hydrogens is 283 g/mol. The zero-order chi connectivity index (χ0) is 14.5. The molecule has 1 saturated heterocycles. The second-order valence-electron chi connectivity index (χ2n) is 4.87. The van der Waals surface area contributed by atoms with Crippen molar-refractivity contribution in [3.8, 4) is 5.75 Å². The summed E-state index contributed by atoms with van der Waals surface area (Å²) in [5.74, 6) is 0.0550. The van der Waals surface area contributed by atoms with Gasteiger partial charge in [-0.3, -0.25) is 4.79 Å². The number of ether oxygens (including phenoxy) is 1. The van der Waals surface area contributed by atoms with Crippen LogP contribution in [0.2, 0.25) is 5.02 Å². The van der Waals surface area contributed by atoms with Crippen molar-refractivity contribution in [2.75, 3.05) is 26.2 Å². The first-order valence-electron chi connectivity index (χ1n) is 6.65. The monoisotopic (exact) mass is 300 g/mol. The van der Waals surface area contributed by atoms with E-state index < -0.39 is 5.82 Å². The summed E-state index contributed by atoms with van der Waals surface area (Å²) in [6, 6.07) is 4.26. The highest BCUT2D eigenvalue weighted by molar-refractivity contribution is 6.32. The second kappa shape index (κ2) is 6.90. The fourth-order valence-electron chi connectivity index (χ4n) is 2.16. The molecular formula is C14H18ClFN2O2. The quantitative estimate of drug-likeness (QED) is 0.925. The Hall–Kier alpha value is -1.33. The molecule has 2 rings (SSSR count). The number of nitrogens with one attached hydrogen (secondary N) is 1. The van der Waals surface area contributed by atoms with E-state index in [-0.39, 0.29) is 17.5 Å². The normalized spacial score (nSPS) is 18.9. The molecule has 1 aromatic rings. The Bertz CT molecular complexity index is 484. The number of nitrogens with zero attached hydrogens (tertiary/aromatic N) is 1. The van der Waals surface area contributed by atoms with Crippen LogP contribution >= 0.6 is 11.6 Å². The molecule has 1 amide bonds. The fourth-order valence-corrected chi connectivity index (χ4v) is 2.38. The van der Waals surface area contributed by atoms with Gasteiger partial charge in [-0.15, -0.1) is 0 Å². The number of rotatable bonds is 4. The summed E-state index contributed by atoms with van der Waals surface area (Å²) in [6.45, 7) is 4.55. The molecule has 0 radical (unpaired) electrons. The third-order valence-electron chi connectivity index (χ3n) is 3.19. The fraction of sp³-hybridized carbons (Fsp3) is 0.500. The van der Waals surface area contributed by atoms with E-state index in [0.29, 0.717) is 18.2 Å². The second-order valence-corrected chi connectivity index (χ2v) is 5.28. The van der Waals surface area contributed by atoms with E-state index in [4.69, 9.17) is 16.3 Å². The van der Waals surface area contributed by atoms with E-state index in [1.54, 1.807) is 0 Å². The van der Waals surface area contributed by atoms with Gasteiger partial charge in [-0.1, -0.05) is 11.6 Å². The van der Waals surface area contributed by atoms with Crippen molar-refractivity contribution in [1.82, 2.24) is 10.2 Å². The van der Waals surface area contributed by atoms with E-state index in [1.807, 2.05) is 11.8 Å². The van der Waals surface area contributed by atoms with Crippen LogP contribution in [0.3, 0.4) is 0 Å². The molecule has 0 bridgehead atoms. The first-order valence-corrected chi connectivity index (χ1v) is 7.03. The Morgan fingerprint density at radius 1 is 1.60 bits per heavy atom. The number of hydrogen-bond donors (Lipinski definition) is 1. The summed E-state index contributed by atoms with van der Waals surface area (Å²) in [4.78, 5) is 13.8. The van der Waals surface area contributed by atoms with E-state index in [0.717, 1.165) is 19.6 Å². The smallest absolute Gasteiger partial charge is 0.226 e. The van der Waals surface area contributed by atoms with Gasteiger partial charge in [0.2, 0.25) is 5.91 Å². The molecule has 4 nitrogen and oxygen atoms in total. The van der Waals surface area contributed by atoms with Crippen LogP contribution in [-0.2, 0) is 4.79 Å². The Balaban J connectivity index is 1.79. The minimum Gasteiger partial charge on any atom is -0.491 e. The van der Waals surface area contributed by atoms with Crippen LogP contribution in [-0.4, -0.2) is 43.1 Å². The largest absolute Gasteiger partial charge is 0.491 e. The highest BCUT2D eigenvalue weighted by Gasteiger charge is 2.20. The molecule has 1 aliphatic heterocycles. The van der Waals surface area contributed by atoms with Gasteiger partial charge in [-0.25, -0.2) is 4.39 Å². The van der Waals surface area contributed by atoms with Crippen LogP contribution in [0, 0.1) is 5.82 Å². The molecule has 0 aromatic heterocycles. The molecule has 1 N–H and O–H groups in total. The zero-order valence-corrected chi connectivity index (χ0v) is 12.1. The lowest BCUT2D eigenvalue weighted by molar-refractivity contribution is -0.132. The van der Waals surface area contributed by atoms with Crippen molar-refractivity contribution in [2.45, 2.75) is 19.4 Å². The lowest BCUT2D eigenvalue weighted by Crippen LogP contribution is -2.51. The van der Waals surface area contributed by atoms with Crippen molar-refractivity contribution < 1.29 is 13.9 Å². The molecule has 0 saturated carbocycles. The minimum atomic E-state index is -0.409. The minimum absolute atomic E-state index is 0.0663. The topological polar surface area (TPSA) is 41.6 Å². The van der Waals surface area contributed by atoms with Crippen LogP contribution in [0.4, 0.5) is 4.39 Å². The molecule has 110 valence electrons. The Morgan fingerprint density at radius 2 is 2.40 bits per heavy atom. The standard InChI is InChI=1S/C14H18ClFN2O2/c1-10-9-18(6-5-17-10)14(19)4-7-20-13-3-2-11(16)8-12(13)15/h2-3,8,10,17H,4-7,9H2,1H3. The molecule has 20 heavy (non-hydrogen) atoms. The number of amides is 1. The van der Waals surface area contributed by atoms with E-state index in [9.17, 15) is 9.18 Å². The third-order valence-corrected chi connectivity index (χ3v) is 3.48. The Kier molecular flexibility index (Phi) is 5.20. The van der Waals surface area contributed by atoms with Gasteiger partial charge in [0.15, 0.2) is 0 Å². The summed E-state index contributed by atoms with van der Waals surface area (Å²) in [6.07, 6.45) is 0.292. The summed E-state index contributed by atoms with van der Waals surface area (Å²) in [5, 5.41) is 3.50. The number of carbonyl (C=O) groups is 1. The van der Waals surface area contributed by atoms with Crippen LogP contribution in [0.1, 0.15) is 13.3 Å².